The van der Waals surface area contributed by atoms with Crippen LogP contribution in [0.5, 0.6) is 0 Å². The molecule has 0 spiro atoms. The fourth-order valence-corrected chi connectivity index (χ4v) is 1.58. The molecular weight excluding hydrogens is 250 g/mol. The third-order valence-corrected chi connectivity index (χ3v) is 3.00. The standard InChI is InChI=1S/C11H17N5O3/c1-6(10(17)13-7-2-3-7)16-5-8(14-15-16)4-9(12)11(18)19/h5-7,9H,2-4,12H2,1H3,(H,13,17)(H,18,19). The van der Waals surface area contributed by atoms with Gasteiger partial charge >= 0.3 is 5.97 Å². The van der Waals surface area contributed by atoms with Crippen LogP contribution in [0.3, 0.4) is 0 Å². The molecule has 0 bridgehead atoms. The highest BCUT2D eigenvalue weighted by atomic mass is 16.4. The fraction of sp³-hybridized carbons (Fsp3) is 0.636. The van der Waals surface area contributed by atoms with Crippen LogP contribution in [-0.2, 0) is 16.0 Å². The molecule has 19 heavy (non-hydrogen) atoms. The van der Waals surface area contributed by atoms with Crippen LogP contribution in [-0.4, -0.2) is 44.1 Å². The zero-order valence-electron chi connectivity index (χ0n) is 10.6. The zero-order chi connectivity index (χ0) is 14.0. The summed E-state index contributed by atoms with van der Waals surface area (Å²) in [5, 5.41) is 19.2. The first-order chi connectivity index (χ1) is 8.97. The molecule has 0 radical (unpaired) electrons. The van der Waals surface area contributed by atoms with Gasteiger partial charge in [-0.2, -0.15) is 0 Å². The molecule has 1 fully saturated rings. The molecule has 2 rings (SSSR count). The Kier molecular flexibility index (Phi) is 3.79. The van der Waals surface area contributed by atoms with Crippen molar-refractivity contribution in [2.24, 2.45) is 5.73 Å². The number of nitrogens with two attached hydrogens (primary N) is 1. The van der Waals surface area contributed by atoms with E-state index in [-0.39, 0.29) is 12.3 Å². The molecule has 0 saturated heterocycles. The molecule has 2 unspecified atom stereocenters. The summed E-state index contributed by atoms with van der Waals surface area (Å²) >= 11 is 0. The van der Waals surface area contributed by atoms with Crippen LogP contribution in [0, 0.1) is 0 Å². The Hall–Kier alpha value is -1.96. The van der Waals surface area contributed by atoms with Gasteiger partial charge in [0.2, 0.25) is 5.91 Å². The maximum absolute atomic E-state index is 11.8. The van der Waals surface area contributed by atoms with E-state index in [1.807, 2.05) is 0 Å². The van der Waals surface area contributed by atoms with Crippen molar-refractivity contribution in [2.75, 3.05) is 0 Å². The van der Waals surface area contributed by atoms with Gasteiger partial charge in [0.1, 0.15) is 12.1 Å². The van der Waals surface area contributed by atoms with Crippen LogP contribution in [0.2, 0.25) is 0 Å². The SMILES string of the molecule is CC(C(=O)NC1CC1)n1cc(CC(N)C(=O)O)nn1. The van der Waals surface area contributed by atoms with Gasteiger partial charge in [0.15, 0.2) is 0 Å². The Labute approximate surface area is 110 Å². The van der Waals surface area contributed by atoms with E-state index in [0.29, 0.717) is 11.7 Å². The minimum absolute atomic E-state index is 0.0896. The molecule has 104 valence electrons. The van der Waals surface area contributed by atoms with Crippen LogP contribution in [0.1, 0.15) is 31.5 Å². The quantitative estimate of drug-likeness (QED) is 0.612. The number of rotatable bonds is 6. The van der Waals surface area contributed by atoms with E-state index in [1.54, 1.807) is 13.1 Å². The second-order valence-corrected chi connectivity index (χ2v) is 4.80. The molecule has 4 N–H and O–H groups in total. The number of carboxylic acids is 1. The van der Waals surface area contributed by atoms with Crippen LogP contribution in [0.25, 0.3) is 0 Å². The summed E-state index contributed by atoms with van der Waals surface area (Å²) in [6.07, 6.45) is 3.69. The number of amides is 1. The van der Waals surface area contributed by atoms with Gasteiger partial charge in [-0.25, -0.2) is 4.68 Å². The lowest BCUT2D eigenvalue weighted by atomic mass is 10.2. The van der Waals surface area contributed by atoms with Crippen LogP contribution in [0.4, 0.5) is 0 Å². The molecular formula is C11H17N5O3. The molecule has 8 nitrogen and oxygen atoms in total. The smallest absolute Gasteiger partial charge is 0.320 e. The number of nitrogens with one attached hydrogen (secondary N) is 1. The van der Waals surface area contributed by atoms with Gasteiger partial charge in [-0.05, 0) is 19.8 Å². The van der Waals surface area contributed by atoms with Crippen molar-refractivity contribution in [3.05, 3.63) is 11.9 Å². The number of aliphatic carboxylic acids is 1. The number of hydrogen-bond acceptors (Lipinski definition) is 5. The summed E-state index contributed by atoms with van der Waals surface area (Å²) in [7, 11) is 0. The summed E-state index contributed by atoms with van der Waals surface area (Å²) in [4.78, 5) is 22.5. The van der Waals surface area contributed by atoms with Crippen molar-refractivity contribution in [3.8, 4) is 0 Å². The van der Waals surface area contributed by atoms with E-state index < -0.39 is 18.1 Å². The van der Waals surface area contributed by atoms with E-state index in [0.717, 1.165) is 12.8 Å². The summed E-state index contributed by atoms with van der Waals surface area (Å²) in [6, 6.07) is -1.19. The van der Waals surface area contributed by atoms with Crippen LogP contribution < -0.4 is 11.1 Å². The third kappa shape index (κ3) is 3.50. The number of aromatic nitrogens is 3. The highest BCUT2D eigenvalue weighted by molar-refractivity contribution is 5.80. The Balaban J connectivity index is 1.95. The van der Waals surface area contributed by atoms with Gasteiger partial charge in [-0.3, -0.25) is 9.59 Å². The van der Waals surface area contributed by atoms with Crippen molar-refractivity contribution in [1.29, 1.82) is 0 Å². The van der Waals surface area contributed by atoms with E-state index in [1.165, 1.54) is 4.68 Å². The molecule has 1 aliphatic carbocycles. The molecule has 0 aliphatic heterocycles. The molecule has 0 aromatic carbocycles. The van der Waals surface area contributed by atoms with Crippen molar-refractivity contribution < 1.29 is 14.7 Å². The summed E-state index contributed by atoms with van der Waals surface area (Å²) in [5.74, 6) is -1.20. The average molecular weight is 267 g/mol. The van der Waals surface area contributed by atoms with Crippen molar-refractivity contribution >= 4 is 11.9 Å². The lowest BCUT2D eigenvalue weighted by molar-refractivity contribution is -0.138. The predicted molar refractivity (Wildman–Crippen MR) is 65.2 cm³/mol. The monoisotopic (exact) mass is 267 g/mol. The molecule has 1 saturated carbocycles. The highest BCUT2D eigenvalue weighted by Gasteiger charge is 2.27. The van der Waals surface area contributed by atoms with Gasteiger partial charge in [-0.15, -0.1) is 5.10 Å². The van der Waals surface area contributed by atoms with E-state index in [4.69, 9.17) is 10.8 Å². The summed E-state index contributed by atoms with van der Waals surface area (Å²) < 4.78 is 1.42. The molecule has 1 heterocycles. The number of carbonyl (C=O) groups excluding carboxylic acids is 1. The largest absolute Gasteiger partial charge is 0.480 e. The van der Waals surface area contributed by atoms with Gasteiger partial charge in [0.05, 0.1) is 5.69 Å². The lowest BCUT2D eigenvalue weighted by Crippen LogP contribution is -2.33. The minimum atomic E-state index is -1.09. The number of carboxylic acid groups (broad SMARTS) is 1. The van der Waals surface area contributed by atoms with E-state index >= 15 is 0 Å². The maximum atomic E-state index is 11.8. The highest BCUT2D eigenvalue weighted by Crippen LogP contribution is 2.19. The third-order valence-electron chi connectivity index (χ3n) is 3.00. The Morgan fingerprint density at radius 3 is 2.89 bits per heavy atom. The first-order valence-electron chi connectivity index (χ1n) is 6.17. The second-order valence-electron chi connectivity index (χ2n) is 4.80. The predicted octanol–water partition coefficient (Wildman–Crippen LogP) is -0.928. The molecule has 8 heteroatoms. The molecule has 1 aliphatic rings. The molecule has 2 atom stereocenters. The van der Waals surface area contributed by atoms with Gasteiger partial charge in [-0.1, -0.05) is 5.21 Å². The van der Waals surface area contributed by atoms with Crippen molar-refractivity contribution in [3.63, 3.8) is 0 Å². The van der Waals surface area contributed by atoms with Crippen molar-refractivity contribution in [2.45, 2.75) is 44.3 Å². The van der Waals surface area contributed by atoms with Gasteiger partial charge < -0.3 is 16.2 Å². The molecule has 1 aromatic heterocycles. The van der Waals surface area contributed by atoms with Crippen LogP contribution in [0.15, 0.2) is 6.20 Å². The second kappa shape index (κ2) is 5.35. The van der Waals surface area contributed by atoms with Gasteiger partial charge in [0.25, 0.3) is 0 Å². The topological polar surface area (TPSA) is 123 Å². The van der Waals surface area contributed by atoms with Gasteiger partial charge in [0, 0.05) is 18.7 Å². The summed E-state index contributed by atoms with van der Waals surface area (Å²) in [6.45, 7) is 1.72. The Morgan fingerprint density at radius 1 is 1.63 bits per heavy atom. The first-order valence-corrected chi connectivity index (χ1v) is 6.17. The van der Waals surface area contributed by atoms with Crippen LogP contribution >= 0.6 is 0 Å². The zero-order valence-corrected chi connectivity index (χ0v) is 10.6. The summed E-state index contributed by atoms with van der Waals surface area (Å²) in [5.41, 5.74) is 5.87. The minimum Gasteiger partial charge on any atom is -0.480 e. The fourth-order valence-electron chi connectivity index (χ4n) is 1.58. The van der Waals surface area contributed by atoms with E-state index in [9.17, 15) is 9.59 Å². The lowest BCUT2D eigenvalue weighted by Gasteiger charge is -2.11. The number of hydrogen-bond donors (Lipinski definition) is 3. The number of carbonyl (C=O) groups is 2. The normalized spacial score (nSPS) is 17.8. The molecule has 1 aromatic rings. The Bertz CT molecular complexity index is 482. The molecule has 1 amide bonds. The van der Waals surface area contributed by atoms with E-state index in [2.05, 4.69) is 15.6 Å². The van der Waals surface area contributed by atoms with Crippen molar-refractivity contribution in [1.82, 2.24) is 20.3 Å². The first kappa shape index (κ1) is 13.5. The Morgan fingerprint density at radius 2 is 2.32 bits per heavy atom. The average Bonchev–Trinajstić information content (AvgIpc) is 3.04. The number of nitrogens with zero attached hydrogens (tertiary/aromatic N) is 3. The maximum Gasteiger partial charge on any atom is 0.320 e.